The van der Waals surface area contributed by atoms with Crippen molar-refractivity contribution in [1.82, 2.24) is 0 Å². The molecular weight excluding hydrogens is 202 g/mol. The van der Waals surface area contributed by atoms with Gasteiger partial charge in [0.15, 0.2) is 0 Å². The summed E-state index contributed by atoms with van der Waals surface area (Å²) in [5.41, 5.74) is 10.5. The lowest BCUT2D eigenvalue weighted by atomic mass is 9.84. The third-order valence-corrected chi connectivity index (χ3v) is 4.08. The molecule has 1 aromatic rings. The molecule has 0 amide bonds. The molecule has 82 valence electrons. The van der Waals surface area contributed by atoms with Crippen LogP contribution in [0.25, 0.3) is 0 Å². The van der Waals surface area contributed by atoms with Crippen LogP contribution in [0.5, 0.6) is 0 Å². The molecule has 2 rings (SSSR count). The molecule has 0 unspecified atom stereocenters. The van der Waals surface area contributed by atoms with E-state index in [9.17, 15) is 0 Å². The van der Waals surface area contributed by atoms with Crippen LogP contribution >= 0.6 is 11.8 Å². The summed E-state index contributed by atoms with van der Waals surface area (Å²) in [6, 6.07) is 7.03. The molecule has 0 saturated carbocycles. The summed E-state index contributed by atoms with van der Waals surface area (Å²) in [5.74, 6) is 2.17. The van der Waals surface area contributed by atoms with Gasteiger partial charge in [0.25, 0.3) is 0 Å². The van der Waals surface area contributed by atoms with Crippen LogP contribution in [0.2, 0.25) is 0 Å². The molecule has 1 atom stereocenters. The number of fused-ring (bicyclic) bond motifs is 1. The minimum Gasteiger partial charge on any atom is -0.323 e. The van der Waals surface area contributed by atoms with E-state index in [2.05, 4.69) is 39.0 Å². The van der Waals surface area contributed by atoms with E-state index in [4.69, 9.17) is 5.73 Å². The Balaban J connectivity index is 2.44. The Morgan fingerprint density at radius 2 is 2.07 bits per heavy atom. The van der Waals surface area contributed by atoms with Gasteiger partial charge in [-0.2, -0.15) is 11.8 Å². The van der Waals surface area contributed by atoms with Gasteiger partial charge in [-0.3, -0.25) is 0 Å². The summed E-state index contributed by atoms with van der Waals surface area (Å²) in [6.07, 6.45) is 0. The molecule has 0 saturated heterocycles. The first kappa shape index (κ1) is 11.0. The van der Waals surface area contributed by atoms with Crippen molar-refractivity contribution in [1.29, 1.82) is 0 Å². The zero-order valence-electron chi connectivity index (χ0n) is 9.71. The molecule has 0 aromatic heterocycles. The maximum absolute atomic E-state index is 6.14. The number of hydrogen-bond donors (Lipinski definition) is 1. The van der Waals surface area contributed by atoms with E-state index in [1.807, 2.05) is 11.8 Å². The molecule has 1 nitrogen and oxygen atoms in total. The van der Waals surface area contributed by atoms with Gasteiger partial charge in [-0.25, -0.2) is 0 Å². The van der Waals surface area contributed by atoms with Crippen molar-refractivity contribution in [3.05, 3.63) is 34.9 Å². The topological polar surface area (TPSA) is 26.0 Å². The second kappa shape index (κ2) is 3.84. The molecule has 15 heavy (non-hydrogen) atoms. The van der Waals surface area contributed by atoms with Gasteiger partial charge in [0.1, 0.15) is 0 Å². The van der Waals surface area contributed by atoms with Gasteiger partial charge in [0.05, 0.1) is 0 Å². The lowest BCUT2D eigenvalue weighted by Crippen LogP contribution is -2.20. The van der Waals surface area contributed by atoms with E-state index in [0.717, 1.165) is 11.5 Å². The summed E-state index contributed by atoms with van der Waals surface area (Å²) in [4.78, 5) is 0. The van der Waals surface area contributed by atoms with Gasteiger partial charge in [0.2, 0.25) is 0 Å². The first-order chi connectivity index (χ1) is 6.98. The molecule has 2 N–H and O–H groups in total. The van der Waals surface area contributed by atoms with E-state index < -0.39 is 0 Å². The van der Waals surface area contributed by atoms with Crippen LogP contribution in [-0.2, 0) is 11.2 Å². The maximum atomic E-state index is 6.14. The molecular formula is C13H19NS. The third-order valence-electron chi connectivity index (χ3n) is 2.97. The van der Waals surface area contributed by atoms with E-state index >= 15 is 0 Å². The highest BCUT2D eigenvalue weighted by atomic mass is 32.2. The Morgan fingerprint density at radius 1 is 1.33 bits per heavy atom. The Bertz CT molecular complexity index is 365. The van der Waals surface area contributed by atoms with Gasteiger partial charge in [-0.15, -0.1) is 0 Å². The van der Waals surface area contributed by atoms with Crippen LogP contribution in [0.1, 0.15) is 43.5 Å². The number of nitrogens with two attached hydrogens (primary N) is 1. The lowest BCUT2D eigenvalue weighted by molar-refractivity contribution is 0.587. The molecule has 2 heteroatoms. The van der Waals surface area contributed by atoms with Crippen LogP contribution in [0, 0.1) is 0 Å². The molecule has 0 bridgehead atoms. The first-order valence-corrected chi connectivity index (χ1v) is 6.60. The van der Waals surface area contributed by atoms with Gasteiger partial charge in [-0.1, -0.05) is 39.0 Å². The lowest BCUT2D eigenvalue weighted by Gasteiger charge is -2.26. The van der Waals surface area contributed by atoms with E-state index in [0.29, 0.717) is 0 Å². The zero-order chi connectivity index (χ0) is 11.1. The highest BCUT2D eigenvalue weighted by molar-refractivity contribution is 7.98. The SMILES string of the molecule is CC(C)(C)c1ccc2c(c1)[C@H](N)CSC2. The van der Waals surface area contributed by atoms with Crippen LogP contribution in [0.4, 0.5) is 0 Å². The Labute approximate surface area is 96.4 Å². The Hall–Kier alpha value is -0.470. The third kappa shape index (κ3) is 2.21. The monoisotopic (exact) mass is 221 g/mol. The molecule has 1 aliphatic heterocycles. The molecule has 0 aliphatic carbocycles. The number of hydrogen-bond acceptors (Lipinski definition) is 2. The Morgan fingerprint density at radius 3 is 2.73 bits per heavy atom. The summed E-state index contributed by atoms with van der Waals surface area (Å²) in [6.45, 7) is 6.74. The molecule has 1 aromatic carbocycles. The van der Waals surface area contributed by atoms with Crippen molar-refractivity contribution in [2.24, 2.45) is 5.73 Å². The summed E-state index contributed by atoms with van der Waals surface area (Å²) < 4.78 is 0. The highest BCUT2D eigenvalue weighted by Crippen LogP contribution is 2.33. The summed E-state index contributed by atoms with van der Waals surface area (Å²) >= 11 is 1.93. The van der Waals surface area contributed by atoms with Gasteiger partial charge < -0.3 is 5.73 Å². The van der Waals surface area contributed by atoms with E-state index in [-0.39, 0.29) is 11.5 Å². The van der Waals surface area contributed by atoms with Crippen LogP contribution in [-0.4, -0.2) is 5.75 Å². The van der Waals surface area contributed by atoms with E-state index in [1.165, 1.54) is 16.7 Å². The van der Waals surface area contributed by atoms with Crippen molar-refractivity contribution in [2.75, 3.05) is 5.75 Å². The van der Waals surface area contributed by atoms with Crippen LogP contribution in [0.15, 0.2) is 18.2 Å². The normalized spacial score (nSPS) is 21.2. The zero-order valence-corrected chi connectivity index (χ0v) is 10.5. The minimum atomic E-state index is 0.222. The highest BCUT2D eigenvalue weighted by Gasteiger charge is 2.20. The standard InChI is InChI=1S/C13H19NS/c1-13(2,3)10-5-4-9-7-15-8-12(14)11(9)6-10/h4-6,12H,7-8,14H2,1-3H3/t12-/m1/s1. The van der Waals surface area contributed by atoms with Crippen LogP contribution < -0.4 is 5.73 Å². The van der Waals surface area contributed by atoms with Crippen LogP contribution in [0.3, 0.4) is 0 Å². The average Bonchev–Trinajstić information content (AvgIpc) is 2.16. The molecule has 0 radical (unpaired) electrons. The molecule has 0 spiro atoms. The smallest absolute Gasteiger partial charge is 0.0390 e. The minimum absolute atomic E-state index is 0.222. The fourth-order valence-corrected chi connectivity index (χ4v) is 2.96. The number of thioether (sulfide) groups is 1. The number of rotatable bonds is 0. The quantitative estimate of drug-likeness (QED) is 0.728. The van der Waals surface area contributed by atoms with E-state index in [1.54, 1.807) is 0 Å². The number of benzene rings is 1. The molecule has 0 fully saturated rings. The van der Waals surface area contributed by atoms with Gasteiger partial charge >= 0.3 is 0 Å². The largest absolute Gasteiger partial charge is 0.323 e. The first-order valence-electron chi connectivity index (χ1n) is 5.45. The van der Waals surface area contributed by atoms with Crippen molar-refractivity contribution < 1.29 is 0 Å². The summed E-state index contributed by atoms with van der Waals surface area (Å²) in [7, 11) is 0. The van der Waals surface area contributed by atoms with Crippen molar-refractivity contribution in [3.63, 3.8) is 0 Å². The fraction of sp³-hybridized carbons (Fsp3) is 0.538. The van der Waals surface area contributed by atoms with Crippen molar-refractivity contribution >= 4 is 11.8 Å². The van der Waals surface area contributed by atoms with Gasteiger partial charge in [0, 0.05) is 17.5 Å². The van der Waals surface area contributed by atoms with Gasteiger partial charge in [-0.05, 0) is 22.1 Å². The predicted molar refractivity (Wildman–Crippen MR) is 68.2 cm³/mol. The Kier molecular flexibility index (Phi) is 2.82. The van der Waals surface area contributed by atoms with Crippen molar-refractivity contribution in [2.45, 2.75) is 38.0 Å². The predicted octanol–water partition coefficient (Wildman–Crippen LogP) is 3.23. The second-order valence-corrected chi connectivity index (χ2v) is 6.32. The fourth-order valence-electron chi connectivity index (χ4n) is 1.92. The average molecular weight is 221 g/mol. The maximum Gasteiger partial charge on any atom is 0.0390 e. The second-order valence-electron chi connectivity index (χ2n) is 5.29. The molecule has 1 heterocycles. The van der Waals surface area contributed by atoms with Crippen molar-refractivity contribution in [3.8, 4) is 0 Å². The molecule has 1 aliphatic rings. The summed E-state index contributed by atoms with van der Waals surface area (Å²) in [5, 5.41) is 0.